The minimum atomic E-state index is -0.464. The zero-order valence-corrected chi connectivity index (χ0v) is 12.0. The Morgan fingerprint density at radius 2 is 1.41 bits per heavy atom. The van der Waals surface area contributed by atoms with Crippen molar-refractivity contribution in [1.29, 1.82) is 0 Å². The average molecular weight is 305 g/mol. The molecule has 0 radical (unpaired) electrons. The molecule has 1 aromatic rings. The zero-order valence-electron chi connectivity index (χ0n) is 10.4. The van der Waals surface area contributed by atoms with E-state index < -0.39 is 12.6 Å². The SMILES string of the molecule is COC(OC)c1cccc(Br)c1C(OC)OC. The van der Waals surface area contributed by atoms with E-state index >= 15 is 0 Å². The molecular formula is C12H17BrO4. The third-order valence-electron chi connectivity index (χ3n) is 2.43. The average Bonchev–Trinajstić information content (AvgIpc) is 2.35. The molecule has 0 atom stereocenters. The van der Waals surface area contributed by atoms with Gasteiger partial charge in [-0.05, 0) is 6.07 Å². The molecule has 0 bridgehead atoms. The van der Waals surface area contributed by atoms with Gasteiger partial charge in [-0.3, -0.25) is 0 Å². The molecule has 0 fully saturated rings. The standard InChI is InChI=1S/C12H17BrO4/c1-14-11(15-2)8-6-5-7-9(13)10(8)12(16-3)17-4/h5-7,11-12H,1-4H3. The van der Waals surface area contributed by atoms with Crippen molar-refractivity contribution in [2.45, 2.75) is 12.6 Å². The maximum absolute atomic E-state index is 5.28. The maximum atomic E-state index is 5.28. The Balaban J connectivity index is 3.24. The number of ether oxygens (including phenoxy) is 4. The Morgan fingerprint density at radius 3 is 1.88 bits per heavy atom. The molecule has 0 saturated heterocycles. The number of hydrogen-bond acceptors (Lipinski definition) is 4. The second-order valence-corrected chi connectivity index (χ2v) is 4.20. The molecule has 0 aliphatic heterocycles. The Hall–Kier alpha value is -0.460. The molecule has 0 saturated carbocycles. The summed E-state index contributed by atoms with van der Waals surface area (Å²) < 4.78 is 22.0. The second-order valence-electron chi connectivity index (χ2n) is 3.35. The number of halogens is 1. The van der Waals surface area contributed by atoms with Crippen molar-refractivity contribution in [2.75, 3.05) is 28.4 Å². The minimum absolute atomic E-state index is 0.449. The summed E-state index contributed by atoms with van der Waals surface area (Å²) in [6.45, 7) is 0. The fourth-order valence-corrected chi connectivity index (χ4v) is 2.26. The Kier molecular flexibility index (Phi) is 6.08. The fourth-order valence-electron chi connectivity index (χ4n) is 1.69. The van der Waals surface area contributed by atoms with Gasteiger partial charge in [0.2, 0.25) is 0 Å². The zero-order chi connectivity index (χ0) is 12.8. The highest BCUT2D eigenvalue weighted by Crippen LogP contribution is 2.34. The number of hydrogen-bond donors (Lipinski definition) is 0. The minimum Gasteiger partial charge on any atom is -0.352 e. The van der Waals surface area contributed by atoms with Gasteiger partial charge in [-0.25, -0.2) is 0 Å². The van der Waals surface area contributed by atoms with Crippen LogP contribution in [0.2, 0.25) is 0 Å². The third-order valence-corrected chi connectivity index (χ3v) is 3.12. The van der Waals surface area contributed by atoms with Gasteiger partial charge in [-0.15, -0.1) is 0 Å². The molecule has 0 N–H and O–H groups in total. The highest BCUT2D eigenvalue weighted by molar-refractivity contribution is 9.10. The molecule has 1 rings (SSSR count). The van der Waals surface area contributed by atoms with Crippen LogP contribution in [0, 0.1) is 0 Å². The summed E-state index contributed by atoms with van der Waals surface area (Å²) in [7, 11) is 6.36. The summed E-state index contributed by atoms with van der Waals surface area (Å²) >= 11 is 3.48. The molecule has 0 aliphatic rings. The number of methoxy groups -OCH3 is 4. The van der Waals surface area contributed by atoms with Crippen LogP contribution < -0.4 is 0 Å². The lowest BCUT2D eigenvalue weighted by molar-refractivity contribution is -0.123. The molecule has 0 amide bonds. The van der Waals surface area contributed by atoms with E-state index in [0.717, 1.165) is 15.6 Å². The van der Waals surface area contributed by atoms with Gasteiger partial charge in [0, 0.05) is 44.0 Å². The van der Waals surface area contributed by atoms with Gasteiger partial charge >= 0.3 is 0 Å². The Bertz CT molecular complexity index is 348. The van der Waals surface area contributed by atoms with Crippen molar-refractivity contribution < 1.29 is 18.9 Å². The van der Waals surface area contributed by atoms with Crippen LogP contribution in [0.25, 0.3) is 0 Å². The lowest BCUT2D eigenvalue weighted by Crippen LogP contribution is -2.13. The van der Waals surface area contributed by atoms with Gasteiger partial charge in [0.1, 0.15) is 0 Å². The normalized spacial score (nSPS) is 11.5. The highest BCUT2D eigenvalue weighted by Gasteiger charge is 2.22. The highest BCUT2D eigenvalue weighted by atomic mass is 79.9. The van der Waals surface area contributed by atoms with Crippen molar-refractivity contribution in [3.63, 3.8) is 0 Å². The summed E-state index contributed by atoms with van der Waals surface area (Å²) in [5.74, 6) is 0. The van der Waals surface area contributed by atoms with Crippen LogP contribution in [0.15, 0.2) is 22.7 Å². The van der Waals surface area contributed by atoms with Crippen LogP contribution in [0.3, 0.4) is 0 Å². The first-order valence-corrected chi connectivity index (χ1v) is 5.88. The third kappa shape index (κ3) is 3.26. The van der Waals surface area contributed by atoms with Crippen LogP contribution in [0.1, 0.15) is 23.7 Å². The van der Waals surface area contributed by atoms with Crippen LogP contribution in [0.5, 0.6) is 0 Å². The quantitative estimate of drug-likeness (QED) is 0.757. The van der Waals surface area contributed by atoms with Gasteiger partial charge in [-0.2, -0.15) is 0 Å². The summed E-state index contributed by atoms with van der Waals surface area (Å²) in [5.41, 5.74) is 1.74. The summed E-state index contributed by atoms with van der Waals surface area (Å²) in [6.07, 6.45) is -0.913. The van der Waals surface area contributed by atoms with E-state index in [0.29, 0.717) is 0 Å². The molecular weight excluding hydrogens is 288 g/mol. The summed E-state index contributed by atoms with van der Waals surface area (Å²) in [6, 6.07) is 5.76. The Morgan fingerprint density at radius 1 is 0.882 bits per heavy atom. The summed E-state index contributed by atoms with van der Waals surface area (Å²) in [4.78, 5) is 0. The first-order valence-electron chi connectivity index (χ1n) is 5.09. The van der Waals surface area contributed by atoms with Crippen LogP contribution in [-0.4, -0.2) is 28.4 Å². The van der Waals surface area contributed by atoms with Crippen molar-refractivity contribution in [2.24, 2.45) is 0 Å². The smallest absolute Gasteiger partial charge is 0.184 e. The molecule has 0 unspecified atom stereocenters. The lowest BCUT2D eigenvalue weighted by Gasteiger charge is -2.23. The van der Waals surface area contributed by atoms with Gasteiger partial charge in [0.25, 0.3) is 0 Å². The lowest BCUT2D eigenvalue weighted by atomic mass is 10.1. The molecule has 1 aromatic carbocycles. The molecule has 0 aliphatic carbocycles. The molecule has 96 valence electrons. The maximum Gasteiger partial charge on any atom is 0.184 e. The first-order chi connectivity index (χ1) is 8.19. The number of rotatable bonds is 6. The van der Waals surface area contributed by atoms with Gasteiger partial charge in [0.05, 0.1) is 0 Å². The van der Waals surface area contributed by atoms with E-state index in [1.165, 1.54) is 0 Å². The molecule has 17 heavy (non-hydrogen) atoms. The Labute approximate surface area is 110 Å². The van der Waals surface area contributed by atoms with E-state index in [1.807, 2.05) is 18.2 Å². The van der Waals surface area contributed by atoms with E-state index in [4.69, 9.17) is 18.9 Å². The van der Waals surface area contributed by atoms with Gasteiger partial charge in [-0.1, -0.05) is 28.1 Å². The van der Waals surface area contributed by atoms with Crippen LogP contribution >= 0.6 is 15.9 Å². The van der Waals surface area contributed by atoms with E-state index in [2.05, 4.69) is 15.9 Å². The van der Waals surface area contributed by atoms with E-state index in [9.17, 15) is 0 Å². The molecule has 0 spiro atoms. The van der Waals surface area contributed by atoms with Crippen molar-refractivity contribution in [1.82, 2.24) is 0 Å². The van der Waals surface area contributed by atoms with E-state index in [-0.39, 0.29) is 0 Å². The van der Waals surface area contributed by atoms with Crippen molar-refractivity contribution >= 4 is 15.9 Å². The fraction of sp³-hybridized carbons (Fsp3) is 0.500. The second kappa shape index (κ2) is 7.08. The molecule has 0 aromatic heterocycles. The van der Waals surface area contributed by atoms with Gasteiger partial charge in [0.15, 0.2) is 12.6 Å². The predicted octanol–water partition coefficient (Wildman–Crippen LogP) is 3.03. The van der Waals surface area contributed by atoms with Gasteiger partial charge < -0.3 is 18.9 Å². The predicted molar refractivity (Wildman–Crippen MR) is 67.7 cm³/mol. The first kappa shape index (κ1) is 14.6. The monoisotopic (exact) mass is 304 g/mol. The number of benzene rings is 1. The molecule has 0 heterocycles. The van der Waals surface area contributed by atoms with Crippen LogP contribution in [-0.2, 0) is 18.9 Å². The van der Waals surface area contributed by atoms with Crippen molar-refractivity contribution in [3.8, 4) is 0 Å². The molecule has 5 heteroatoms. The van der Waals surface area contributed by atoms with Crippen LogP contribution in [0.4, 0.5) is 0 Å². The largest absolute Gasteiger partial charge is 0.352 e. The van der Waals surface area contributed by atoms with E-state index in [1.54, 1.807) is 28.4 Å². The topological polar surface area (TPSA) is 36.9 Å². The van der Waals surface area contributed by atoms with Crippen molar-refractivity contribution in [3.05, 3.63) is 33.8 Å². The summed E-state index contributed by atoms with van der Waals surface area (Å²) in [5, 5.41) is 0. The molecule has 4 nitrogen and oxygen atoms in total.